The Hall–Kier alpha value is -4.70. The number of hydrogen-bond donors (Lipinski definition) is 3. The van der Waals surface area contributed by atoms with Crippen molar-refractivity contribution < 1.29 is 33.8 Å². The molecule has 0 bridgehead atoms. The summed E-state index contributed by atoms with van der Waals surface area (Å²) in [5.74, 6) is -1.49. The summed E-state index contributed by atoms with van der Waals surface area (Å²) >= 11 is 6.51. The van der Waals surface area contributed by atoms with Gasteiger partial charge in [-0.15, -0.1) is 12.4 Å². The molecule has 0 saturated heterocycles. The molecule has 0 radical (unpaired) electrons. The Labute approximate surface area is 271 Å². The average molecular weight is 658 g/mol. The van der Waals surface area contributed by atoms with E-state index in [-0.39, 0.29) is 54.6 Å². The van der Waals surface area contributed by atoms with Crippen LogP contribution in [0.3, 0.4) is 0 Å². The summed E-state index contributed by atoms with van der Waals surface area (Å²) in [6, 6.07) is 21.0. The first kappa shape index (κ1) is 36.5. The number of benzene rings is 3. The smallest absolute Gasteiger partial charge is 0.373 e. The van der Waals surface area contributed by atoms with Gasteiger partial charge in [0, 0.05) is 24.0 Å². The van der Waals surface area contributed by atoms with Crippen molar-refractivity contribution in [3.05, 3.63) is 94.5 Å². The molecule has 0 heterocycles. The van der Waals surface area contributed by atoms with Crippen molar-refractivity contribution in [2.45, 2.75) is 51.1 Å². The van der Waals surface area contributed by atoms with Crippen LogP contribution in [0.15, 0.2) is 77.8 Å². The number of ether oxygens (including phenoxy) is 1. The molecule has 238 valence electrons. The highest BCUT2D eigenvalue weighted by molar-refractivity contribution is 6.31. The highest BCUT2D eigenvalue weighted by Gasteiger charge is 2.31. The highest BCUT2D eigenvalue weighted by Crippen LogP contribution is 2.30. The molecule has 0 aromatic heterocycles. The molecule has 1 aliphatic carbocycles. The lowest BCUT2D eigenvalue weighted by atomic mass is 9.85. The Morgan fingerprint density at radius 1 is 0.956 bits per heavy atom. The molecule has 0 atom stereocenters. The largest absolute Gasteiger partial charge is 0.481 e. The molecule has 4 rings (SSSR count). The number of aliphatic carboxylic acids is 1. The maximum absolute atomic E-state index is 13.5. The Balaban J connectivity index is 0.00000169. The molecule has 0 unspecified atom stereocenters. The molecular formula is C32H34Cl2N4O7. The summed E-state index contributed by atoms with van der Waals surface area (Å²) in [6.45, 7) is 0.470. The zero-order chi connectivity index (χ0) is 32.1. The molecule has 0 aliphatic heterocycles. The van der Waals surface area contributed by atoms with Crippen LogP contribution in [0.2, 0.25) is 5.02 Å². The zero-order valence-electron chi connectivity index (χ0n) is 24.3. The molecule has 1 amide bonds. The van der Waals surface area contributed by atoms with E-state index in [1.54, 1.807) is 42.5 Å². The molecule has 13 heteroatoms. The number of aliphatic imine (C=N–C) groups is 1. The number of halogens is 2. The van der Waals surface area contributed by atoms with E-state index >= 15 is 0 Å². The number of guanidine groups is 1. The minimum absolute atomic E-state index is 0. The van der Waals surface area contributed by atoms with E-state index in [0.717, 1.165) is 11.1 Å². The summed E-state index contributed by atoms with van der Waals surface area (Å²) in [4.78, 5) is 59.5. The van der Waals surface area contributed by atoms with E-state index in [1.807, 2.05) is 35.2 Å². The van der Waals surface area contributed by atoms with Gasteiger partial charge in [-0.25, -0.2) is 9.79 Å². The Bertz CT molecular complexity index is 1500. The van der Waals surface area contributed by atoms with E-state index in [1.165, 1.54) is 0 Å². The van der Waals surface area contributed by atoms with Gasteiger partial charge in [0.05, 0.1) is 17.2 Å². The fraction of sp³-hybridized carbons (Fsp3) is 0.281. The van der Waals surface area contributed by atoms with Crippen LogP contribution in [-0.2, 0) is 32.1 Å². The van der Waals surface area contributed by atoms with E-state index in [2.05, 4.69) is 4.99 Å². The van der Waals surface area contributed by atoms with Crippen LogP contribution in [0.4, 0.5) is 5.69 Å². The van der Waals surface area contributed by atoms with E-state index in [9.17, 15) is 19.5 Å². The SMILES string of the molecule is Cl.NC(N)=Nc1ccc(C(=O)Oc2ccc(CCC(=O)N(Cc3ccccc3)C3CCC(C(=O)O)CC3)c(Cl)c2)cc1.O=C=O. The maximum atomic E-state index is 13.5. The first-order valence-electron chi connectivity index (χ1n) is 13.9. The third-order valence-electron chi connectivity index (χ3n) is 7.21. The van der Waals surface area contributed by atoms with Crippen LogP contribution < -0.4 is 16.2 Å². The number of rotatable bonds is 10. The molecule has 45 heavy (non-hydrogen) atoms. The lowest BCUT2D eigenvalue weighted by molar-refractivity contribution is -0.191. The number of esters is 1. The highest BCUT2D eigenvalue weighted by atomic mass is 35.5. The quantitative estimate of drug-likeness (QED) is 0.118. The van der Waals surface area contributed by atoms with Gasteiger partial charge in [-0.1, -0.05) is 48.0 Å². The molecule has 11 nitrogen and oxygen atoms in total. The molecular weight excluding hydrogens is 623 g/mol. The van der Waals surface area contributed by atoms with E-state index < -0.39 is 11.9 Å². The number of amides is 1. The zero-order valence-corrected chi connectivity index (χ0v) is 25.8. The second-order valence-corrected chi connectivity index (χ2v) is 10.6. The Kier molecular flexibility index (Phi) is 14.7. The van der Waals surface area contributed by atoms with Gasteiger partial charge in [0.25, 0.3) is 0 Å². The number of aryl methyl sites for hydroxylation is 1. The second kappa shape index (κ2) is 18.2. The van der Waals surface area contributed by atoms with E-state index in [4.69, 9.17) is 37.4 Å². The molecule has 3 aromatic carbocycles. The normalized spacial score (nSPS) is 15.1. The van der Waals surface area contributed by atoms with Gasteiger partial charge in [-0.2, -0.15) is 9.59 Å². The minimum Gasteiger partial charge on any atom is -0.481 e. The fourth-order valence-electron chi connectivity index (χ4n) is 5.00. The fourth-order valence-corrected chi connectivity index (χ4v) is 5.27. The van der Waals surface area contributed by atoms with Gasteiger partial charge in [0.1, 0.15) is 5.75 Å². The number of carbonyl (C=O) groups is 3. The second-order valence-electron chi connectivity index (χ2n) is 10.2. The van der Waals surface area contributed by atoms with E-state index in [0.29, 0.717) is 54.9 Å². The van der Waals surface area contributed by atoms with Crippen LogP contribution in [0.25, 0.3) is 0 Å². The number of nitrogens with two attached hydrogens (primary N) is 2. The predicted molar refractivity (Wildman–Crippen MR) is 169 cm³/mol. The molecule has 1 saturated carbocycles. The maximum Gasteiger partial charge on any atom is 0.373 e. The topological polar surface area (TPSA) is 182 Å². The average Bonchev–Trinajstić information content (AvgIpc) is 3.00. The van der Waals surface area contributed by atoms with Crippen molar-refractivity contribution in [2.24, 2.45) is 22.4 Å². The third-order valence-corrected chi connectivity index (χ3v) is 7.56. The standard InChI is InChI=1S/C31H33ClN4O5.CO2.ClH/c32-27-18-26(41-30(40)23-6-12-24(13-7-23)35-31(33)34)16-10-21(27)11-17-28(37)36(19-20-4-2-1-3-5-20)25-14-8-22(9-15-25)29(38)39;2-1-3;/h1-7,10,12-13,16,18,22,25H,8-9,11,14-15,17,19H2,(H,38,39)(H4,33,34,35);;1H. The first-order valence-corrected chi connectivity index (χ1v) is 14.2. The van der Waals surface area contributed by atoms with Gasteiger partial charge in [0.2, 0.25) is 5.91 Å². The van der Waals surface area contributed by atoms with Crippen molar-refractivity contribution in [3.63, 3.8) is 0 Å². The number of nitrogens with zero attached hydrogens (tertiary/aromatic N) is 2. The number of carboxylic acid groups (broad SMARTS) is 1. The van der Waals surface area contributed by atoms with Crippen molar-refractivity contribution >= 4 is 59.7 Å². The van der Waals surface area contributed by atoms with Crippen molar-refractivity contribution in [1.82, 2.24) is 4.90 Å². The van der Waals surface area contributed by atoms with Crippen LogP contribution in [0.5, 0.6) is 5.75 Å². The summed E-state index contributed by atoms with van der Waals surface area (Å²) in [6.07, 6.45) is 3.34. The lowest BCUT2D eigenvalue weighted by Gasteiger charge is -2.36. The van der Waals surface area contributed by atoms with Gasteiger partial charge < -0.3 is 26.2 Å². The molecule has 3 aromatic rings. The van der Waals surface area contributed by atoms with Crippen LogP contribution in [0, 0.1) is 5.92 Å². The molecule has 0 spiro atoms. The summed E-state index contributed by atoms with van der Waals surface area (Å²) in [5, 5.41) is 9.76. The minimum atomic E-state index is -0.770. The summed E-state index contributed by atoms with van der Waals surface area (Å²) in [7, 11) is 0. The number of hydrogen-bond acceptors (Lipinski definition) is 7. The van der Waals surface area contributed by atoms with Gasteiger partial charge in [0.15, 0.2) is 5.96 Å². The molecule has 1 aliphatic rings. The van der Waals surface area contributed by atoms with Crippen LogP contribution in [0.1, 0.15) is 53.6 Å². The van der Waals surface area contributed by atoms with Gasteiger partial charge in [-0.3, -0.25) is 9.59 Å². The number of carbonyl (C=O) groups excluding carboxylic acids is 4. The van der Waals surface area contributed by atoms with Gasteiger partial charge in [-0.05, 0) is 79.6 Å². The van der Waals surface area contributed by atoms with Crippen LogP contribution in [-0.4, -0.2) is 46.0 Å². The Morgan fingerprint density at radius 2 is 1.58 bits per heavy atom. The Morgan fingerprint density at radius 3 is 2.13 bits per heavy atom. The lowest BCUT2D eigenvalue weighted by Crippen LogP contribution is -2.42. The van der Waals surface area contributed by atoms with Crippen molar-refractivity contribution in [2.75, 3.05) is 0 Å². The molecule has 5 N–H and O–H groups in total. The van der Waals surface area contributed by atoms with Crippen molar-refractivity contribution in [3.8, 4) is 5.75 Å². The predicted octanol–water partition coefficient (Wildman–Crippen LogP) is 4.91. The van der Waals surface area contributed by atoms with Crippen molar-refractivity contribution in [1.29, 1.82) is 0 Å². The molecule has 1 fully saturated rings. The first-order chi connectivity index (χ1) is 21.1. The summed E-state index contributed by atoms with van der Waals surface area (Å²) in [5.41, 5.74) is 13.4. The summed E-state index contributed by atoms with van der Waals surface area (Å²) < 4.78 is 5.47. The number of carboxylic acids is 1. The van der Waals surface area contributed by atoms with Crippen LogP contribution >= 0.6 is 24.0 Å². The third kappa shape index (κ3) is 11.4. The van der Waals surface area contributed by atoms with Gasteiger partial charge >= 0.3 is 18.1 Å². The monoisotopic (exact) mass is 656 g/mol.